The van der Waals surface area contributed by atoms with Gasteiger partial charge in [0.25, 0.3) is 0 Å². The van der Waals surface area contributed by atoms with Crippen LogP contribution in [0, 0.1) is 12.7 Å². The molecule has 0 bridgehead atoms. The number of piperidine rings is 1. The van der Waals surface area contributed by atoms with Gasteiger partial charge in [0, 0.05) is 25.2 Å². The quantitative estimate of drug-likeness (QED) is 0.569. The van der Waals surface area contributed by atoms with Crippen molar-refractivity contribution < 1.29 is 13.7 Å². The molecule has 3 aromatic rings. The lowest BCUT2D eigenvalue weighted by molar-refractivity contribution is -0.134. The molecule has 2 aromatic heterocycles. The van der Waals surface area contributed by atoms with Crippen LogP contribution in [-0.2, 0) is 17.6 Å². The van der Waals surface area contributed by atoms with E-state index in [1.54, 1.807) is 18.3 Å². The van der Waals surface area contributed by atoms with Crippen molar-refractivity contribution in [2.45, 2.75) is 58.4 Å². The maximum atomic E-state index is 13.6. The van der Waals surface area contributed by atoms with E-state index in [1.807, 2.05) is 17.9 Å². The zero-order valence-corrected chi connectivity index (χ0v) is 18.0. The highest BCUT2D eigenvalue weighted by Gasteiger charge is 2.32. The Bertz CT molecular complexity index is 1070. The molecule has 1 fully saturated rings. The van der Waals surface area contributed by atoms with E-state index >= 15 is 0 Å². The molecule has 1 saturated heterocycles. The van der Waals surface area contributed by atoms with Crippen LogP contribution in [0.2, 0.25) is 0 Å². The van der Waals surface area contributed by atoms with Crippen molar-refractivity contribution in [2.75, 3.05) is 6.54 Å². The van der Waals surface area contributed by atoms with Gasteiger partial charge in [-0.25, -0.2) is 14.4 Å². The summed E-state index contributed by atoms with van der Waals surface area (Å²) in [7, 11) is 0. The van der Waals surface area contributed by atoms with Crippen molar-refractivity contribution in [1.29, 1.82) is 0 Å². The Hall–Kier alpha value is -3.09. The van der Waals surface area contributed by atoms with Crippen LogP contribution < -0.4 is 0 Å². The highest BCUT2D eigenvalue weighted by Crippen LogP contribution is 2.36. The van der Waals surface area contributed by atoms with E-state index in [-0.39, 0.29) is 24.2 Å². The van der Waals surface area contributed by atoms with E-state index in [9.17, 15) is 9.18 Å². The Morgan fingerprint density at radius 1 is 1.29 bits per heavy atom. The molecular weight excluding hydrogens is 395 g/mol. The standard InChI is InChI=1S/C24H27FN4O2/c1-3-7-22-26-15-19(21-12-16(2)28-31-21)24(27-22)20-10-4-5-11-29(20)23(30)14-17-8-6-9-18(25)13-17/h6,8-9,12-13,15,20H,3-5,7,10-11,14H2,1-2H3/t20-/m0/s1. The molecule has 0 spiro atoms. The van der Waals surface area contributed by atoms with Gasteiger partial charge in [0.2, 0.25) is 5.91 Å². The second kappa shape index (κ2) is 9.37. The van der Waals surface area contributed by atoms with Crippen LogP contribution in [0.3, 0.4) is 0 Å². The van der Waals surface area contributed by atoms with Crippen LogP contribution >= 0.6 is 0 Å². The molecule has 7 heteroatoms. The molecule has 31 heavy (non-hydrogen) atoms. The molecule has 3 heterocycles. The van der Waals surface area contributed by atoms with Crippen LogP contribution in [0.25, 0.3) is 11.3 Å². The molecule has 0 unspecified atom stereocenters. The summed E-state index contributed by atoms with van der Waals surface area (Å²) >= 11 is 0. The molecule has 6 nitrogen and oxygen atoms in total. The highest BCUT2D eigenvalue weighted by atomic mass is 19.1. The third kappa shape index (κ3) is 4.81. The molecule has 1 atom stereocenters. The Labute approximate surface area is 181 Å². The molecule has 4 rings (SSSR count). The second-order valence-corrected chi connectivity index (χ2v) is 8.07. The third-order valence-electron chi connectivity index (χ3n) is 5.62. The number of rotatable bonds is 6. The summed E-state index contributed by atoms with van der Waals surface area (Å²) in [5, 5.41) is 4.01. The number of carbonyl (C=O) groups is 1. The molecule has 162 valence electrons. The molecule has 1 aromatic carbocycles. The van der Waals surface area contributed by atoms with Crippen molar-refractivity contribution in [3.63, 3.8) is 0 Å². The lowest BCUT2D eigenvalue weighted by Crippen LogP contribution is -2.40. The number of hydrogen-bond donors (Lipinski definition) is 0. The molecule has 0 saturated carbocycles. The Morgan fingerprint density at radius 3 is 2.90 bits per heavy atom. The molecular formula is C24H27FN4O2. The maximum absolute atomic E-state index is 13.6. The normalized spacial score (nSPS) is 16.5. The fourth-order valence-corrected chi connectivity index (χ4v) is 4.15. The number of carbonyl (C=O) groups excluding carboxylic acids is 1. The average Bonchev–Trinajstić information content (AvgIpc) is 3.20. The van der Waals surface area contributed by atoms with Gasteiger partial charge in [-0.2, -0.15) is 0 Å². The first-order chi connectivity index (χ1) is 15.0. The summed E-state index contributed by atoms with van der Waals surface area (Å²) in [5.74, 6) is 1.02. The SMILES string of the molecule is CCCc1ncc(-c2cc(C)no2)c([C@@H]2CCCCN2C(=O)Cc2cccc(F)c2)n1. The number of amides is 1. The smallest absolute Gasteiger partial charge is 0.227 e. The van der Waals surface area contributed by atoms with E-state index in [0.29, 0.717) is 17.9 Å². The van der Waals surface area contributed by atoms with Gasteiger partial charge in [0.1, 0.15) is 11.6 Å². The minimum Gasteiger partial charge on any atom is -0.356 e. The third-order valence-corrected chi connectivity index (χ3v) is 5.62. The van der Waals surface area contributed by atoms with Gasteiger partial charge in [-0.15, -0.1) is 0 Å². The van der Waals surface area contributed by atoms with Crippen LogP contribution in [0.1, 0.15) is 61.4 Å². The van der Waals surface area contributed by atoms with Crippen LogP contribution in [0.5, 0.6) is 0 Å². The summed E-state index contributed by atoms with van der Waals surface area (Å²) in [6.45, 7) is 4.61. The number of likely N-dealkylation sites (tertiary alicyclic amines) is 1. The van der Waals surface area contributed by atoms with Crippen molar-refractivity contribution in [3.8, 4) is 11.3 Å². The van der Waals surface area contributed by atoms with Gasteiger partial charge in [0.05, 0.1) is 29.4 Å². The van der Waals surface area contributed by atoms with E-state index in [2.05, 4.69) is 17.1 Å². The Kier molecular flexibility index (Phi) is 6.39. The maximum Gasteiger partial charge on any atom is 0.227 e. The number of benzene rings is 1. The number of hydrogen-bond acceptors (Lipinski definition) is 5. The van der Waals surface area contributed by atoms with E-state index in [4.69, 9.17) is 9.51 Å². The number of aromatic nitrogens is 3. The van der Waals surface area contributed by atoms with Crippen LogP contribution in [0.4, 0.5) is 4.39 Å². The first-order valence-corrected chi connectivity index (χ1v) is 10.9. The number of nitrogens with zero attached hydrogens (tertiary/aromatic N) is 4. The van der Waals surface area contributed by atoms with Gasteiger partial charge < -0.3 is 9.42 Å². The topological polar surface area (TPSA) is 72.1 Å². The first kappa shape index (κ1) is 21.2. The summed E-state index contributed by atoms with van der Waals surface area (Å²) < 4.78 is 19.1. The van der Waals surface area contributed by atoms with Crippen LogP contribution in [0.15, 0.2) is 41.1 Å². The van der Waals surface area contributed by atoms with Gasteiger partial charge in [-0.3, -0.25) is 4.79 Å². The van der Waals surface area contributed by atoms with Crippen molar-refractivity contribution in [2.24, 2.45) is 0 Å². The summed E-state index contributed by atoms with van der Waals surface area (Å²) in [6, 6.07) is 7.92. The van der Waals surface area contributed by atoms with Crippen molar-refractivity contribution in [1.82, 2.24) is 20.0 Å². The van der Waals surface area contributed by atoms with Gasteiger partial charge in [0.15, 0.2) is 5.76 Å². The Morgan fingerprint density at radius 2 is 2.16 bits per heavy atom. The molecule has 1 aliphatic rings. The Balaban J connectivity index is 1.69. The molecule has 0 N–H and O–H groups in total. The molecule has 1 amide bonds. The van der Waals surface area contributed by atoms with Crippen molar-refractivity contribution >= 4 is 5.91 Å². The summed E-state index contributed by atoms with van der Waals surface area (Å²) in [4.78, 5) is 24.5. The fourth-order valence-electron chi connectivity index (χ4n) is 4.15. The number of halogens is 1. The lowest BCUT2D eigenvalue weighted by Gasteiger charge is -2.36. The predicted molar refractivity (Wildman–Crippen MR) is 115 cm³/mol. The van der Waals surface area contributed by atoms with Gasteiger partial charge in [-0.1, -0.05) is 24.2 Å². The van der Waals surface area contributed by atoms with Crippen LogP contribution in [-0.4, -0.2) is 32.5 Å². The largest absolute Gasteiger partial charge is 0.356 e. The van der Waals surface area contributed by atoms with Crippen molar-refractivity contribution in [3.05, 3.63) is 65.1 Å². The molecule has 0 aliphatic carbocycles. The monoisotopic (exact) mass is 422 g/mol. The van der Waals surface area contributed by atoms with E-state index in [1.165, 1.54) is 12.1 Å². The minimum absolute atomic E-state index is 0.0225. The average molecular weight is 423 g/mol. The second-order valence-electron chi connectivity index (χ2n) is 8.07. The highest BCUT2D eigenvalue weighted by molar-refractivity contribution is 5.79. The predicted octanol–water partition coefficient (Wildman–Crippen LogP) is 4.83. The first-order valence-electron chi connectivity index (χ1n) is 10.9. The zero-order chi connectivity index (χ0) is 21.8. The van der Waals surface area contributed by atoms with E-state index < -0.39 is 0 Å². The zero-order valence-electron chi connectivity index (χ0n) is 18.0. The summed E-state index contributed by atoms with van der Waals surface area (Å²) in [5.41, 5.74) is 3.04. The minimum atomic E-state index is -0.330. The molecule has 1 aliphatic heterocycles. The fraction of sp³-hybridized carbons (Fsp3) is 0.417. The lowest BCUT2D eigenvalue weighted by atomic mass is 9.94. The van der Waals surface area contributed by atoms with Gasteiger partial charge in [-0.05, 0) is 50.3 Å². The van der Waals surface area contributed by atoms with Gasteiger partial charge >= 0.3 is 0 Å². The van der Waals surface area contributed by atoms with E-state index in [0.717, 1.165) is 54.9 Å². The summed E-state index contributed by atoms with van der Waals surface area (Å²) in [6.07, 6.45) is 6.43. The number of aryl methyl sites for hydroxylation is 2. The molecule has 0 radical (unpaired) electrons.